The van der Waals surface area contributed by atoms with E-state index in [-0.39, 0.29) is 17.5 Å². The van der Waals surface area contributed by atoms with Crippen LogP contribution in [0.25, 0.3) is 11.3 Å². The van der Waals surface area contributed by atoms with Crippen molar-refractivity contribution in [2.75, 3.05) is 7.11 Å². The first-order valence-electron chi connectivity index (χ1n) is 7.63. The van der Waals surface area contributed by atoms with E-state index in [4.69, 9.17) is 21.4 Å². The highest BCUT2D eigenvalue weighted by molar-refractivity contribution is 6.31. The van der Waals surface area contributed by atoms with Gasteiger partial charge < -0.3 is 14.9 Å². The Hall–Kier alpha value is -2.61. The van der Waals surface area contributed by atoms with Gasteiger partial charge in [0.2, 0.25) is 0 Å². The molecule has 0 unspecified atom stereocenters. The topological polar surface area (TPSA) is 88.4 Å². The Morgan fingerprint density at radius 2 is 1.92 bits per heavy atom. The van der Waals surface area contributed by atoms with E-state index >= 15 is 0 Å². The number of ether oxygens (including phenoxy) is 1. The number of hydrogen-bond donors (Lipinski definition) is 2. The first-order chi connectivity index (χ1) is 12.5. The van der Waals surface area contributed by atoms with Crippen LogP contribution in [-0.2, 0) is 6.61 Å². The number of hydrogen-bond acceptors (Lipinski definition) is 6. The normalized spacial score (nSPS) is 12.0. The molecule has 0 spiro atoms. The van der Waals surface area contributed by atoms with E-state index in [0.29, 0.717) is 28.3 Å². The summed E-state index contributed by atoms with van der Waals surface area (Å²) in [5.41, 5.74) is 1.72. The van der Waals surface area contributed by atoms with Gasteiger partial charge in [-0.2, -0.15) is 0 Å². The zero-order valence-corrected chi connectivity index (χ0v) is 14.5. The van der Waals surface area contributed by atoms with Crippen LogP contribution < -0.4 is 4.74 Å². The van der Waals surface area contributed by atoms with E-state index in [9.17, 15) is 9.50 Å². The smallest absolute Gasteiger partial charge is 0.153 e. The third kappa shape index (κ3) is 3.65. The molecule has 0 saturated carbocycles. The van der Waals surface area contributed by atoms with Gasteiger partial charge in [-0.3, -0.25) is 0 Å². The summed E-state index contributed by atoms with van der Waals surface area (Å²) in [6.45, 7) is -0.285. The van der Waals surface area contributed by atoms with Crippen LogP contribution >= 0.6 is 11.6 Å². The molecule has 2 heterocycles. The summed E-state index contributed by atoms with van der Waals surface area (Å²) in [5, 5.41) is 19.5. The summed E-state index contributed by atoms with van der Waals surface area (Å²) < 4.78 is 18.7. The largest absolute Gasteiger partial charge is 0.494 e. The minimum Gasteiger partial charge on any atom is -0.494 e. The highest BCUT2D eigenvalue weighted by atomic mass is 35.5. The fourth-order valence-corrected chi connectivity index (χ4v) is 2.57. The predicted octanol–water partition coefficient (Wildman–Crippen LogP) is 2.91. The van der Waals surface area contributed by atoms with Gasteiger partial charge in [0.05, 0.1) is 17.8 Å². The second-order valence-corrected chi connectivity index (χ2v) is 5.82. The first-order valence-corrected chi connectivity index (χ1v) is 8.01. The van der Waals surface area contributed by atoms with Crippen LogP contribution in [0.4, 0.5) is 4.39 Å². The highest BCUT2D eigenvalue weighted by Gasteiger charge is 2.17. The van der Waals surface area contributed by atoms with E-state index in [1.165, 1.54) is 37.7 Å². The minimum atomic E-state index is -1.08. The van der Waals surface area contributed by atoms with Gasteiger partial charge in [-0.1, -0.05) is 11.6 Å². The average molecular weight is 376 g/mol. The molecule has 0 radical (unpaired) electrons. The van der Waals surface area contributed by atoms with Crippen molar-refractivity contribution in [3.63, 3.8) is 0 Å². The molecule has 2 aromatic heterocycles. The maximum Gasteiger partial charge on any atom is 0.153 e. The molecular weight excluding hydrogens is 361 g/mol. The van der Waals surface area contributed by atoms with Crippen molar-refractivity contribution in [1.29, 1.82) is 0 Å². The number of nitrogens with zero attached hydrogens (tertiary/aromatic N) is 3. The van der Waals surface area contributed by atoms with Crippen molar-refractivity contribution in [2.45, 2.75) is 12.7 Å². The minimum absolute atomic E-state index is 0.0368. The number of aliphatic hydroxyl groups excluding tert-OH is 2. The fraction of sp³-hybridized carbons (Fsp3) is 0.167. The molecule has 26 heavy (non-hydrogen) atoms. The molecule has 134 valence electrons. The second-order valence-electron chi connectivity index (χ2n) is 5.41. The number of methoxy groups -OCH3 is 1. The van der Waals surface area contributed by atoms with Gasteiger partial charge >= 0.3 is 0 Å². The van der Waals surface area contributed by atoms with Crippen molar-refractivity contribution in [3.8, 4) is 17.0 Å². The zero-order valence-electron chi connectivity index (χ0n) is 13.7. The summed E-state index contributed by atoms with van der Waals surface area (Å²) in [6.07, 6.45) is 1.76. The highest BCUT2D eigenvalue weighted by Crippen LogP contribution is 2.32. The fourth-order valence-electron chi connectivity index (χ4n) is 2.39. The Labute approximate surface area is 153 Å². The maximum atomic E-state index is 13.4. The molecule has 3 rings (SSSR count). The number of rotatable bonds is 5. The number of benzene rings is 1. The van der Waals surface area contributed by atoms with Crippen LogP contribution in [0.3, 0.4) is 0 Å². The summed E-state index contributed by atoms with van der Waals surface area (Å²) in [6, 6.07) is 7.47. The molecule has 6 nitrogen and oxygen atoms in total. The molecule has 0 aliphatic heterocycles. The Morgan fingerprint density at radius 1 is 1.19 bits per heavy atom. The van der Waals surface area contributed by atoms with Crippen molar-refractivity contribution >= 4 is 11.6 Å². The lowest BCUT2D eigenvalue weighted by atomic mass is 10.1. The van der Waals surface area contributed by atoms with Crippen LogP contribution in [-0.4, -0.2) is 32.3 Å². The lowest BCUT2D eigenvalue weighted by Crippen LogP contribution is -2.06. The van der Waals surface area contributed by atoms with Crippen LogP contribution in [0.15, 0.2) is 42.7 Å². The van der Waals surface area contributed by atoms with Crippen molar-refractivity contribution in [1.82, 2.24) is 15.0 Å². The molecule has 0 aliphatic carbocycles. The SMILES string of the molecule is COc1ccc([C@@H](O)c2cnc(CO)nc2)nc1-c1ccc(F)c(Cl)c1. The van der Waals surface area contributed by atoms with Gasteiger partial charge in [0, 0.05) is 23.5 Å². The van der Waals surface area contributed by atoms with Crippen LogP contribution in [0.5, 0.6) is 5.75 Å². The average Bonchev–Trinajstić information content (AvgIpc) is 2.69. The van der Waals surface area contributed by atoms with E-state index in [1.807, 2.05) is 0 Å². The molecule has 8 heteroatoms. The molecular formula is C18H15ClFN3O3. The molecule has 0 fully saturated rings. The van der Waals surface area contributed by atoms with Crippen LogP contribution in [0, 0.1) is 5.82 Å². The molecule has 1 atom stereocenters. The molecule has 3 aromatic rings. The summed E-state index contributed by atoms with van der Waals surface area (Å²) >= 11 is 5.86. The van der Waals surface area contributed by atoms with Crippen molar-refractivity contribution in [3.05, 3.63) is 70.6 Å². The number of pyridine rings is 1. The monoisotopic (exact) mass is 375 g/mol. The molecule has 0 amide bonds. The number of aliphatic hydroxyl groups is 2. The molecule has 1 aromatic carbocycles. The van der Waals surface area contributed by atoms with E-state index in [1.54, 1.807) is 12.1 Å². The van der Waals surface area contributed by atoms with Gasteiger partial charge in [0.15, 0.2) is 5.82 Å². The van der Waals surface area contributed by atoms with E-state index in [0.717, 1.165) is 0 Å². The number of halogens is 2. The zero-order chi connectivity index (χ0) is 18.7. The van der Waals surface area contributed by atoms with E-state index in [2.05, 4.69) is 15.0 Å². The van der Waals surface area contributed by atoms with Gasteiger partial charge in [-0.05, 0) is 30.3 Å². The summed E-state index contributed by atoms with van der Waals surface area (Å²) in [4.78, 5) is 12.3. The first kappa shape index (κ1) is 18.2. The van der Waals surface area contributed by atoms with Crippen molar-refractivity contribution in [2.24, 2.45) is 0 Å². The third-order valence-electron chi connectivity index (χ3n) is 3.76. The quantitative estimate of drug-likeness (QED) is 0.712. The van der Waals surface area contributed by atoms with Gasteiger partial charge in [-0.15, -0.1) is 0 Å². The Balaban J connectivity index is 2.01. The lowest BCUT2D eigenvalue weighted by molar-refractivity contribution is 0.213. The summed E-state index contributed by atoms with van der Waals surface area (Å²) in [7, 11) is 1.49. The molecule has 0 aliphatic rings. The molecule has 0 bridgehead atoms. The van der Waals surface area contributed by atoms with Gasteiger partial charge in [-0.25, -0.2) is 19.3 Å². The predicted molar refractivity (Wildman–Crippen MR) is 93.2 cm³/mol. The van der Waals surface area contributed by atoms with Gasteiger partial charge in [0.25, 0.3) is 0 Å². The van der Waals surface area contributed by atoms with Crippen LogP contribution in [0.2, 0.25) is 5.02 Å². The van der Waals surface area contributed by atoms with Crippen LogP contribution in [0.1, 0.15) is 23.2 Å². The molecule has 0 saturated heterocycles. The maximum absolute atomic E-state index is 13.4. The second kappa shape index (κ2) is 7.74. The third-order valence-corrected chi connectivity index (χ3v) is 4.04. The van der Waals surface area contributed by atoms with Gasteiger partial charge in [0.1, 0.15) is 30.0 Å². The molecule has 2 N–H and O–H groups in total. The Bertz CT molecular complexity index is 922. The van der Waals surface area contributed by atoms with E-state index < -0.39 is 11.9 Å². The Kier molecular flexibility index (Phi) is 5.41. The standard InChI is InChI=1S/C18H15ClFN3O3/c1-26-15-5-4-14(18(25)11-7-21-16(9-24)22-8-11)23-17(15)10-2-3-13(20)12(19)6-10/h2-8,18,24-25H,9H2,1H3/t18-/m0/s1. The lowest BCUT2D eigenvalue weighted by Gasteiger charge is -2.14. The van der Waals surface area contributed by atoms with Crippen molar-refractivity contribution < 1.29 is 19.3 Å². The number of aromatic nitrogens is 3. The Morgan fingerprint density at radius 3 is 2.54 bits per heavy atom. The summed E-state index contributed by atoms with van der Waals surface area (Å²) in [5.74, 6) is 0.174.